The highest BCUT2D eigenvalue weighted by atomic mass is 35.5. The largest absolute Gasteiger partial charge is 0.439 e. The molecule has 0 saturated carbocycles. The summed E-state index contributed by atoms with van der Waals surface area (Å²) in [5.41, 5.74) is 3.33. The molecule has 0 aliphatic heterocycles. The van der Waals surface area contributed by atoms with Gasteiger partial charge in [0.1, 0.15) is 5.75 Å². The van der Waals surface area contributed by atoms with Crippen LogP contribution in [0, 0.1) is 0 Å². The molecule has 0 amide bonds. The van der Waals surface area contributed by atoms with E-state index in [-0.39, 0.29) is 0 Å². The third kappa shape index (κ3) is 4.21. The van der Waals surface area contributed by atoms with E-state index in [1.54, 1.807) is 0 Å². The molecule has 112 valence electrons. The van der Waals surface area contributed by atoms with Gasteiger partial charge in [0.15, 0.2) is 0 Å². The number of pyridine rings is 1. The molecule has 0 atom stereocenters. The predicted octanol–water partition coefficient (Wildman–Crippen LogP) is 5.86. The topological polar surface area (TPSA) is 22.1 Å². The highest BCUT2D eigenvalue weighted by Gasteiger charge is 2.08. The van der Waals surface area contributed by atoms with Crippen molar-refractivity contribution in [2.75, 3.05) is 0 Å². The lowest BCUT2D eigenvalue weighted by atomic mass is 10.0. The van der Waals surface area contributed by atoms with Gasteiger partial charge in [-0.2, -0.15) is 0 Å². The van der Waals surface area contributed by atoms with Crippen LogP contribution in [0.1, 0.15) is 56.4 Å². The van der Waals surface area contributed by atoms with Gasteiger partial charge < -0.3 is 4.74 Å². The maximum atomic E-state index is 5.95. The van der Waals surface area contributed by atoms with E-state index in [0.29, 0.717) is 23.6 Å². The SMILES string of the molecule is CC(C)c1ccc(Oc2cc(CCl)cc(C(C)C)n2)cc1. The second-order valence-corrected chi connectivity index (χ2v) is 6.12. The minimum Gasteiger partial charge on any atom is -0.439 e. The first-order valence-electron chi connectivity index (χ1n) is 7.34. The van der Waals surface area contributed by atoms with E-state index < -0.39 is 0 Å². The van der Waals surface area contributed by atoms with Crippen molar-refractivity contribution in [1.82, 2.24) is 4.98 Å². The number of aromatic nitrogens is 1. The minimum atomic E-state index is 0.346. The molecule has 3 heteroatoms. The third-order valence-electron chi connectivity index (χ3n) is 3.40. The second-order valence-electron chi connectivity index (χ2n) is 5.85. The van der Waals surface area contributed by atoms with E-state index in [2.05, 4.69) is 44.8 Å². The number of halogens is 1. The van der Waals surface area contributed by atoms with E-state index in [4.69, 9.17) is 16.3 Å². The minimum absolute atomic E-state index is 0.346. The highest BCUT2D eigenvalue weighted by Crippen LogP contribution is 2.26. The third-order valence-corrected chi connectivity index (χ3v) is 3.71. The molecule has 1 heterocycles. The molecule has 2 nitrogen and oxygen atoms in total. The van der Waals surface area contributed by atoms with Gasteiger partial charge in [-0.3, -0.25) is 0 Å². The van der Waals surface area contributed by atoms with E-state index in [1.165, 1.54) is 5.56 Å². The van der Waals surface area contributed by atoms with Gasteiger partial charge in [0.2, 0.25) is 5.88 Å². The summed E-state index contributed by atoms with van der Waals surface area (Å²) in [5.74, 6) is 2.73. The van der Waals surface area contributed by atoms with Gasteiger partial charge in [-0.15, -0.1) is 11.6 Å². The molecule has 0 unspecified atom stereocenters. The van der Waals surface area contributed by atoms with Crippen molar-refractivity contribution < 1.29 is 4.74 Å². The molecule has 0 radical (unpaired) electrons. The van der Waals surface area contributed by atoms with Crippen molar-refractivity contribution in [3.05, 3.63) is 53.2 Å². The fourth-order valence-corrected chi connectivity index (χ4v) is 2.20. The summed E-state index contributed by atoms with van der Waals surface area (Å²) in [6, 6.07) is 12.1. The Morgan fingerprint density at radius 3 is 2.19 bits per heavy atom. The van der Waals surface area contributed by atoms with Gasteiger partial charge in [-0.05, 0) is 41.2 Å². The molecule has 1 aromatic carbocycles. The van der Waals surface area contributed by atoms with Gasteiger partial charge in [0.25, 0.3) is 0 Å². The van der Waals surface area contributed by atoms with E-state index in [0.717, 1.165) is 17.0 Å². The first-order chi connectivity index (χ1) is 9.99. The lowest BCUT2D eigenvalue weighted by molar-refractivity contribution is 0.458. The van der Waals surface area contributed by atoms with Gasteiger partial charge in [0, 0.05) is 17.6 Å². The number of hydrogen-bond acceptors (Lipinski definition) is 2. The van der Waals surface area contributed by atoms with Crippen LogP contribution in [-0.4, -0.2) is 4.98 Å². The van der Waals surface area contributed by atoms with Gasteiger partial charge in [0.05, 0.1) is 0 Å². The van der Waals surface area contributed by atoms with Crippen LogP contribution in [0.4, 0.5) is 0 Å². The van der Waals surface area contributed by atoms with E-state index >= 15 is 0 Å². The highest BCUT2D eigenvalue weighted by molar-refractivity contribution is 6.17. The number of benzene rings is 1. The van der Waals surface area contributed by atoms with Crippen LogP contribution in [0.2, 0.25) is 0 Å². The summed E-state index contributed by atoms with van der Waals surface area (Å²) in [5, 5.41) is 0. The molecule has 2 aromatic rings. The first-order valence-corrected chi connectivity index (χ1v) is 7.87. The van der Waals surface area contributed by atoms with Gasteiger partial charge in [-0.1, -0.05) is 39.8 Å². The molecule has 2 rings (SSSR count). The Labute approximate surface area is 132 Å². The lowest BCUT2D eigenvalue weighted by Gasteiger charge is -2.12. The lowest BCUT2D eigenvalue weighted by Crippen LogP contribution is -1.98. The standard InChI is InChI=1S/C18H22ClNO/c1-12(2)15-5-7-16(8-6-15)21-18-10-14(11-19)9-17(20-18)13(3)4/h5-10,12-13H,11H2,1-4H3. The molecular formula is C18H22ClNO. The molecule has 1 aromatic heterocycles. The maximum Gasteiger partial charge on any atom is 0.219 e. The molecule has 21 heavy (non-hydrogen) atoms. The number of rotatable bonds is 5. The monoisotopic (exact) mass is 303 g/mol. The fourth-order valence-electron chi connectivity index (χ4n) is 2.05. The predicted molar refractivity (Wildman–Crippen MR) is 88.5 cm³/mol. The molecule has 0 saturated heterocycles. The molecule has 0 fully saturated rings. The van der Waals surface area contributed by atoms with E-state index in [1.807, 2.05) is 24.3 Å². The van der Waals surface area contributed by atoms with Crippen LogP contribution in [0.5, 0.6) is 11.6 Å². The number of hydrogen-bond donors (Lipinski definition) is 0. The maximum absolute atomic E-state index is 5.95. The Morgan fingerprint density at radius 2 is 1.67 bits per heavy atom. The first kappa shape index (κ1) is 15.8. The number of nitrogens with zero attached hydrogens (tertiary/aromatic N) is 1. The van der Waals surface area contributed by atoms with Crippen molar-refractivity contribution in [3.63, 3.8) is 0 Å². The van der Waals surface area contributed by atoms with Crippen LogP contribution < -0.4 is 4.74 Å². The Balaban J connectivity index is 2.24. The summed E-state index contributed by atoms with van der Waals surface area (Å²) in [7, 11) is 0. The zero-order chi connectivity index (χ0) is 15.4. The van der Waals surface area contributed by atoms with Crippen LogP contribution in [-0.2, 0) is 5.88 Å². The number of alkyl halides is 1. The Bertz CT molecular complexity index is 591. The normalized spacial score (nSPS) is 11.2. The average molecular weight is 304 g/mol. The van der Waals surface area contributed by atoms with Crippen molar-refractivity contribution >= 4 is 11.6 Å². The Kier molecular flexibility index (Phi) is 5.24. The molecule has 0 bridgehead atoms. The van der Waals surface area contributed by atoms with Crippen LogP contribution in [0.25, 0.3) is 0 Å². The molecule has 0 spiro atoms. The summed E-state index contributed by atoms with van der Waals surface area (Å²) < 4.78 is 5.88. The zero-order valence-corrected chi connectivity index (χ0v) is 13.8. The molecule has 0 aliphatic rings. The molecule has 0 aliphatic carbocycles. The molecule has 0 N–H and O–H groups in total. The Hall–Kier alpha value is -1.54. The smallest absolute Gasteiger partial charge is 0.219 e. The summed E-state index contributed by atoms with van der Waals surface area (Å²) >= 11 is 5.95. The Morgan fingerprint density at radius 1 is 1.00 bits per heavy atom. The average Bonchev–Trinajstić information content (AvgIpc) is 2.47. The number of ether oxygens (including phenoxy) is 1. The quantitative estimate of drug-likeness (QED) is 0.645. The van der Waals surface area contributed by atoms with Crippen molar-refractivity contribution in [2.45, 2.75) is 45.4 Å². The second kappa shape index (κ2) is 6.95. The van der Waals surface area contributed by atoms with E-state index in [9.17, 15) is 0 Å². The van der Waals surface area contributed by atoms with Crippen LogP contribution in [0.15, 0.2) is 36.4 Å². The van der Waals surface area contributed by atoms with Crippen molar-refractivity contribution in [1.29, 1.82) is 0 Å². The van der Waals surface area contributed by atoms with Crippen LogP contribution in [0.3, 0.4) is 0 Å². The van der Waals surface area contributed by atoms with Gasteiger partial charge in [-0.25, -0.2) is 4.98 Å². The summed E-state index contributed by atoms with van der Waals surface area (Å²) in [6.07, 6.45) is 0. The van der Waals surface area contributed by atoms with Gasteiger partial charge >= 0.3 is 0 Å². The van der Waals surface area contributed by atoms with Crippen LogP contribution >= 0.6 is 11.6 Å². The van der Waals surface area contributed by atoms with Crippen molar-refractivity contribution in [3.8, 4) is 11.6 Å². The molecular weight excluding hydrogens is 282 g/mol. The summed E-state index contributed by atoms with van der Waals surface area (Å²) in [4.78, 5) is 4.55. The zero-order valence-electron chi connectivity index (χ0n) is 13.1. The fraction of sp³-hybridized carbons (Fsp3) is 0.389. The summed E-state index contributed by atoms with van der Waals surface area (Å²) in [6.45, 7) is 8.58. The van der Waals surface area contributed by atoms with Crippen molar-refractivity contribution in [2.24, 2.45) is 0 Å².